The van der Waals surface area contributed by atoms with Crippen molar-refractivity contribution in [3.8, 4) is 5.75 Å². The molecule has 2 heterocycles. The van der Waals surface area contributed by atoms with E-state index in [1.54, 1.807) is 0 Å². The highest BCUT2D eigenvalue weighted by atomic mass is 16.5. The number of ether oxygens (including phenoxy) is 1. The molecule has 162 valence electrons. The van der Waals surface area contributed by atoms with Crippen molar-refractivity contribution in [3.63, 3.8) is 0 Å². The highest BCUT2D eigenvalue weighted by molar-refractivity contribution is 5.84. The molecule has 1 aliphatic heterocycles. The average Bonchev–Trinajstić information content (AvgIpc) is 3.31. The number of carbonyl (C=O) groups excluding carboxylic acids is 1. The minimum absolute atomic E-state index is 0.0720. The molecule has 31 heavy (non-hydrogen) atoms. The number of carbonyl (C=O) groups is 1. The summed E-state index contributed by atoms with van der Waals surface area (Å²) in [6, 6.07) is 15.0. The van der Waals surface area contributed by atoms with Gasteiger partial charge in [0.05, 0.1) is 24.2 Å². The van der Waals surface area contributed by atoms with E-state index in [2.05, 4.69) is 15.3 Å². The summed E-state index contributed by atoms with van der Waals surface area (Å²) in [4.78, 5) is 27.6. The maximum absolute atomic E-state index is 12.9. The van der Waals surface area contributed by atoms with Crippen molar-refractivity contribution in [1.29, 1.82) is 0 Å². The highest BCUT2D eigenvalue weighted by Crippen LogP contribution is 2.16. The van der Waals surface area contributed by atoms with Crippen LogP contribution in [0.15, 0.2) is 53.3 Å². The van der Waals surface area contributed by atoms with Crippen LogP contribution in [0.5, 0.6) is 5.75 Å². The Bertz CT molecular complexity index is 1120. The summed E-state index contributed by atoms with van der Waals surface area (Å²) in [6.07, 6.45) is 2.42. The van der Waals surface area contributed by atoms with Gasteiger partial charge < -0.3 is 15.0 Å². The highest BCUT2D eigenvalue weighted by Gasteiger charge is 2.15. The summed E-state index contributed by atoms with van der Waals surface area (Å²) in [5.74, 6) is 0.459. The second-order valence-electron chi connectivity index (χ2n) is 7.90. The van der Waals surface area contributed by atoms with Gasteiger partial charge in [0.2, 0.25) is 0 Å². The first-order valence-electron chi connectivity index (χ1n) is 10.8. The third kappa shape index (κ3) is 5.11. The van der Waals surface area contributed by atoms with Gasteiger partial charge in [0.15, 0.2) is 6.61 Å². The van der Waals surface area contributed by atoms with Crippen LogP contribution < -0.4 is 15.6 Å². The first kappa shape index (κ1) is 21.1. The van der Waals surface area contributed by atoms with Gasteiger partial charge in [-0.2, -0.15) is 5.10 Å². The summed E-state index contributed by atoms with van der Waals surface area (Å²) in [5, 5.41) is 8.85. The Morgan fingerprint density at radius 3 is 2.52 bits per heavy atom. The second-order valence-corrected chi connectivity index (χ2v) is 7.90. The minimum Gasteiger partial charge on any atom is -0.484 e. The topological polar surface area (TPSA) is 76.5 Å². The number of benzene rings is 2. The van der Waals surface area contributed by atoms with Crippen LogP contribution in [-0.4, -0.2) is 46.8 Å². The van der Waals surface area contributed by atoms with Gasteiger partial charge in [-0.05, 0) is 50.6 Å². The smallest absolute Gasteiger partial charge is 0.274 e. The van der Waals surface area contributed by atoms with E-state index in [1.807, 2.05) is 55.5 Å². The maximum atomic E-state index is 12.9. The average molecular weight is 421 g/mol. The summed E-state index contributed by atoms with van der Waals surface area (Å²) in [7, 11) is 0. The lowest BCUT2D eigenvalue weighted by Gasteiger charge is -2.16. The minimum atomic E-state index is -0.232. The van der Waals surface area contributed by atoms with Gasteiger partial charge in [0, 0.05) is 11.9 Å². The Balaban J connectivity index is 1.45. The standard InChI is InChI=1S/C24H28N4O3/c1-18-8-2-5-11-22(18)31-17-23(29)25-16-21-19-9-3-4-10-20(19)24(30)28(26-21)15-14-27-12-6-7-13-27/h2-5,8-11H,6-7,12-17H2,1H3,(H,25,29). The van der Waals surface area contributed by atoms with Crippen molar-refractivity contribution in [2.24, 2.45) is 0 Å². The van der Waals surface area contributed by atoms with E-state index < -0.39 is 0 Å². The van der Waals surface area contributed by atoms with E-state index in [1.165, 1.54) is 17.5 Å². The molecule has 1 N–H and O–H groups in total. The lowest BCUT2D eigenvalue weighted by molar-refractivity contribution is -0.123. The van der Waals surface area contributed by atoms with Gasteiger partial charge >= 0.3 is 0 Å². The molecule has 4 rings (SSSR count). The molecule has 1 saturated heterocycles. The van der Waals surface area contributed by atoms with Gasteiger partial charge in [-0.1, -0.05) is 36.4 Å². The second kappa shape index (κ2) is 9.75. The van der Waals surface area contributed by atoms with Crippen LogP contribution >= 0.6 is 0 Å². The van der Waals surface area contributed by atoms with E-state index in [0.29, 0.717) is 23.4 Å². The fourth-order valence-corrected chi connectivity index (χ4v) is 3.92. The molecule has 2 aromatic carbocycles. The van der Waals surface area contributed by atoms with Crippen molar-refractivity contribution in [3.05, 3.63) is 70.1 Å². The van der Waals surface area contributed by atoms with Gasteiger partial charge in [0.1, 0.15) is 5.75 Å². The molecular weight excluding hydrogens is 392 g/mol. The molecule has 0 atom stereocenters. The summed E-state index contributed by atoms with van der Waals surface area (Å²) in [5.41, 5.74) is 1.57. The molecule has 1 fully saturated rings. The van der Waals surface area contributed by atoms with E-state index in [-0.39, 0.29) is 24.6 Å². The van der Waals surface area contributed by atoms with E-state index in [0.717, 1.165) is 30.6 Å². The Morgan fingerprint density at radius 2 is 1.74 bits per heavy atom. The van der Waals surface area contributed by atoms with Gasteiger partial charge in [-0.25, -0.2) is 4.68 Å². The summed E-state index contributed by atoms with van der Waals surface area (Å²) < 4.78 is 7.15. The molecule has 0 radical (unpaired) electrons. The Morgan fingerprint density at radius 1 is 1.03 bits per heavy atom. The van der Waals surface area contributed by atoms with Gasteiger partial charge in [0.25, 0.3) is 11.5 Å². The number of likely N-dealkylation sites (tertiary alicyclic amines) is 1. The van der Waals surface area contributed by atoms with Gasteiger partial charge in [-0.15, -0.1) is 0 Å². The number of fused-ring (bicyclic) bond motifs is 1. The number of amides is 1. The molecule has 0 bridgehead atoms. The molecule has 1 amide bonds. The molecule has 0 unspecified atom stereocenters. The SMILES string of the molecule is Cc1ccccc1OCC(=O)NCc1nn(CCN2CCCC2)c(=O)c2ccccc12. The van der Waals surface area contributed by atoms with E-state index >= 15 is 0 Å². The number of hydrogen-bond acceptors (Lipinski definition) is 5. The number of rotatable bonds is 8. The number of hydrogen-bond donors (Lipinski definition) is 1. The van der Waals surface area contributed by atoms with E-state index in [4.69, 9.17) is 4.74 Å². The molecule has 0 aliphatic carbocycles. The summed E-state index contributed by atoms with van der Waals surface area (Å²) in [6.45, 7) is 5.60. The molecule has 7 heteroatoms. The predicted octanol–water partition coefficient (Wildman–Crippen LogP) is 2.50. The molecule has 7 nitrogen and oxygen atoms in total. The first-order valence-corrected chi connectivity index (χ1v) is 10.8. The Kier molecular flexibility index (Phi) is 6.62. The molecule has 3 aromatic rings. The zero-order chi connectivity index (χ0) is 21.6. The molecule has 1 aromatic heterocycles. The van der Waals surface area contributed by atoms with Crippen molar-refractivity contribution < 1.29 is 9.53 Å². The van der Waals surface area contributed by atoms with Crippen LogP contribution in [0.4, 0.5) is 0 Å². The number of nitrogens with zero attached hydrogens (tertiary/aromatic N) is 3. The molecule has 0 saturated carbocycles. The molecular formula is C24H28N4O3. The molecule has 0 spiro atoms. The zero-order valence-electron chi connectivity index (χ0n) is 17.8. The van der Waals surface area contributed by atoms with E-state index in [9.17, 15) is 9.59 Å². The van der Waals surface area contributed by atoms with Crippen LogP contribution in [0.3, 0.4) is 0 Å². The lowest BCUT2D eigenvalue weighted by Crippen LogP contribution is -2.33. The number of nitrogens with one attached hydrogen (secondary N) is 1. The first-order chi connectivity index (χ1) is 15.1. The van der Waals surface area contributed by atoms with Crippen LogP contribution in [0.25, 0.3) is 10.8 Å². The quantitative estimate of drug-likeness (QED) is 0.606. The van der Waals surface area contributed by atoms with Crippen molar-refractivity contribution in [2.75, 3.05) is 26.2 Å². The number of aromatic nitrogens is 2. The summed E-state index contributed by atoms with van der Waals surface area (Å²) >= 11 is 0. The van der Waals surface area contributed by atoms with Crippen molar-refractivity contribution in [2.45, 2.75) is 32.9 Å². The van der Waals surface area contributed by atoms with Crippen LogP contribution in [0, 0.1) is 6.92 Å². The normalized spacial score (nSPS) is 14.1. The zero-order valence-corrected chi connectivity index (χ0v) is 17.8. The fourth-order valence-electron chi connectivity index (χ4n) is 3.92. The number of para-hydroxylation sites is 1. The predicted molar refractivity (Wildman–Crippen MR) is 120 cm³/mol. The molecule has 1 aliphatic rings. The maximum Gasteiger partial charge on any atom is 0.274 e. The third-order valence-electron chi connectivity index (χ3n) is 5.68. The monoisotopic (exact) mass is 420 g/mol. The van der Waals surface area contributed by atoms with Crippen LogP contribution in [0.2, 0.25) is 0 Å². The third-order valence-corrected chi connectivity index (χ3v) is 5.68. The number of aryl methyl sites for hydroxylation is 1. The van der Waals surface area contributed by atoms with Gasteiger partial charge in [-0.3, -0.25) is 9.59 Å². The van der Waals surface area contributed by atoms with Crippen LogP contribution in [-0.2, 0) is 17.9 Å². The van der Waals surface area contributed by atoms with Crippen molar-refractivity contribution in [1.82, 2.24) is 20.0 Å². The lowest BCUT2D eigenvalue weighted by atomic mass is 10.1. The van der Waals surface area contributed by atoms with Crippen molar-refractivity contribution >= 4 is 16.7 Å². The Labute approximate surface area is 181 Å². The van der Waals surface area contributed by atoms with Crippen LogP contribution in [0.1, 0.15) is 24.1 Å². The largest absolute Gasteiger partial charge is 0.484 e. The Hall–Kier alpha value is -3.19. The fraction of sp³-hybridized carbons (Fsp3) is 0.375.